The molecule has 0 amide bonds. The second kappa shape index (κ2) is 3.67. The van der Waals surface area contributed by atoms with Gasteiger partial charge in [0.15, 0.2) is 6.04 Å². The number of rotatable bonds is 2. The molecule has 0 aliphatic heterocycles. The minimum atomic E-state index is -1.17. The molecular formula is C11H10N2O2. The van der Waals surface area contributed by atoms with Crippen LogP contribution in [0.1, 0.15) is 11.6 Å². The van der Waals surface area contributed by atoms with Crippen molar-refractivity contribution >= 4 is 16.9 Å². The van der Waals surface area contributed by atoms with E-state index in [-0.39, 0.29) is 0 Å². The van der Waals surface area contributed by atoms with Gasteiger partial charge in [0.2, 0.25) is 0 Å². The van der Waals surface area contributed by atoms with Crippen molar-refractivity contribution in [2.45, 2.75) is 6.04 Å². The first-order valence-corrected chi connectivity index (χ1v) is 4.58. The highest BCUT2D eigenvalue weighted by molar-refractivity contribution is 5.86. The van der Waals surface area contributed by atoms with Gasteiger partial charge in [0, 0.05) is 17.1 Å². The van der Waals surface area contributed by atoms with Gasteiger partial charge in [-0.15, -0.1) is 0 Å². The number of carbonyl (C=O) groups is 1. The lowest BCUT2D eigenvalue weighted by atomic mass is 10.0. The maximum Gasteiger partial charge on any atom is 0.151 e. The van der Waals surface area contributed by atoms with Gasteiger partial charge in [0.05, 0.1) is 5.52 Å². The summed E-state index contributed by atoms with van der Waals surface area (Å²) in [5.41, 5.74) is 4.98. The number of benzene rings is 1. The van der Waals surface area contributed by atoms with E-state index in [0.29, 0.717) is 5.56 Å². The van der Waals surface area contributed by atoms with E-state index >= 15 is 0 Å². The molecule has 0 saturated carbocycles. The van der Waals surface area contributed by atoms with Gasteiger partial charge in [-0.1, -0.05) is 18.2 Å². The van der Waals surface area contributed by atoms with Crippen LogP contribution in [0.2, 0.25) is 0 Å². The molecule has 0 radical (unpaired) electrons. The quantitative estimate of drug-likeness (QED) is 0.697. The van der Waals surface area contributed by atoms with Crippen LogP contribution in [0.3, 0.4) is 0 Å². The molecule has 1 atom stereocenters. The highest BCUT2D eigenvalue weighted by atomic mass is 16.4. The van der Waals surface area contributed by atoms with E-state index in [1.165, 1.54) is 0 Å². The average molecular weight is 202 g/mol. The Morgan fingerprint density at radius 1 is 1.33 bits per heavy atom. The van der Waals surface area contributed by atoms with Crippen molar-refractivity contribution in [2.75, 3.05) is 0 Å². The van der Waals surface area contributed by atoms with E-state index in [2.05, 4.69) is 10.7 Å². The van der Waals surface area contributed by atoms with E-state index in [1.54, 1.807) is 24.4 Å². The number of carboxylic acids is 1. The molecule has 0 bridgehead atoms. The second-order valence-corrected chi connectivity index (χ2v) is 3.29. The van der Waals surface area contributed by atoms with Gasteiger partial charge in [-0.3, -0.25) is 4.98 Å². The largest absolute Gasteiger partial charge is 0.544 e. The molecule has 4 nitrogen and oxygen atoms in total. The van der Waals surface area contributed by atoms with Gasteiger partial charge >= 0.3 is 0 Å². The number of carboxylic acid groups (broad SMARTS) is 1. The number of hydrogen-bond donors (Lipinski definition) is 1. The molecule has 3 N–H and O–H groups in total. The number of fused-ring (bicyclic) bond motifs is 1. The predicted octanol–water partition coefficient (Wildman–Crippen LogP) is -0.732. The summed E-state index contributed by atoms with van der Waals surface area (Å²) in [5.74, 6) is -1.17. The molecule has 0 unspecified atom stereocenters. The molecule has 0 aliphatic rings. The van der Waals surface area contributed by atoms with Gasteiger partial charge in [0.25, 0.3) is 0 Å². The Morgan fingerprint density at radius 2 is 2.13 bits per heavy atom. The fraction of sp³-hybridized carbons (Fsp3) is 0.0909. The zero-order valence-electron chi connectivity index (χ0n) is 8.01. The van der Waals surface area contributed by atoms with Crippen LogP contribution in [-0.2, 0) is 4.79 Å². The lowest BCUT2D eigenvalue weighted by molar-refractivity contribution is -0.442. The Hall–Kier alpha value is -1.94. The zero-order valence-corrected chi connectivity index (χ0v) is 8.01. The van der Waals surface area contributed by atoms with Crippen LogP contribution in [0.25, 0.3) is 10.9 Å². The van der Waals surface area contributed by atoms with Crippen LogP contribution >= 0.6 is 0 Å². The standard InChI is InChI=1S/C11H10N2O2/c12-10(11(14)15)8-3-1-5-9-7(8)4-2-6-13-9/h1-6,10H,12H2,(H,14,15)/t10-/m0/s1. The highest BCUT2D eigenvalue weighted by Crippen LogP contribution is 2.20. The molecule has 1 heterocycles. The first-order valence-electron chi connectivity index (χ1n) is 4.58. The van der Waals surface area contributed by atoms with Crippen molar-refractivity contribution in [1.29, 1.82) is 0 Å². The highest BCUT2D eigenvalue weighted by Gasteiger charge is 2.13. The normalized spacial score (nSPS) is 12.6. The molecule has 1 aromatic carbocycles. The number of quaternary nitrogens is 1. The number of nitrogens with zero attached hydrogens (tertiary/aromatic N) is 1. The molecule has 1 aromatic heterocycles. The third-order valence-corrected chi connectivity index (χ3v) is 2.34. The number of carbonyl (C=O) groups excluding carboxylic acids is 1. The Kier molecular flexibility index (Phi) is 2.35. The van der Waals surface area contributed by atoms with Crippen molar-refractivity contribution < 1.29 is 15.6 Å². The summed E-state index contributed by atoms with van der Waals surface area (Å²) in [6, 6.07) is 8.08. The summed E-state index contributed by atoms with van der Waals surface area (Å²) < 4.78 is 0. The average Bonchev–Trinajstić information content (AvgIpc) is 2.27. The minimum Gasteiger partial charge on any atom is -0.544 e. The SMILES string of the molecule is [NH3+][C@H](C(=O)[O-])c1cccc2ncccc12. The molecule has 2 aromatic rings. The predicted molar refractivity (Wildman–Crippen MR) is 52.4 cm³/mol. The maximum absolute atomic E-state index is 10.7. The van der Waals surface area contributed by atoms with Crippen LogP contribution in [0.4, 0.5) is 0 Å². The van der Waals surface area contributed by atoms with Crippen molar-refractivity contribution in [3.8, 4) is 0 Å². The van der Waals surface area contributed by atoms with E-state index in [4.69, 9.17) is 0 Å². The smallest absolute Gasteiger partial charge is 0.151 e. The molecule has 15 heavy (non-hydrogen) atoms. The van der Waals surface area contributed by atoms with Crippen molar-refractivity contribution in [2.24, 2.45) is 0 Å². The maximum atomic E-state index is 10.7. The molecule has 0 spiro atoms. The van der Waals surface area contributed by atoms with E-state index in [9.17, 15) is 9.90 Å². The third-order valence-electron chi connectivity index (χ3n) is 2.34. The monoisotopic (exact) mass is 202 g/mol. The van der Waals surface area contributed by atoms with Gasteiger partial charge < -0.3 is 15.6 Å². The van der Waals surface area contributed by atoms with Gasteiger partial charge in [-0.25, -0.2) is 0 Å². The van der Waals surface area contributed by atoms with Crippen LogP contribution in [0.5, 0.6) is 0 Å². The lowest BCUT2D eigenvalue weighted by Gasteiger charge is -2.11. The third kappa shape index (κ3) is 1.67. The van der Waals surface area contributed by atoms with Gasteiger partial charge in [0.1, 0.15) is 5.97 Å². The molecule has 4 heteroatoms. The molecule has 0 saturated heterocycles. The first-order chi connectivity index (χ1) is 7.20. The first kappa shape index (κ1) is 9.61. The molecule has 2 rings (SSSR count). The van der Waals surface area contributed by atoms with Crippen LogP contribution in [-0.4, -0.2) is 11.0 Å². The number of aliphatic carboxylic acids is 1. The van der Waals surface area contributed by atoms with E-state index in [1.807, 2.05) is 12.1 Å². The van der Waals surface area contributed by atoms with Crippen molar-refractivity contribution in [3.05, 3.63) is 42.1 Å². The number of pyridine rings is 1. The van der Waals surface area contributed by atoms with Crippen molar-refractivity contribution in [3.63, 3.8) is 0 Å². The Morgan fingerprint density at radius 3 is 2.87 bits per heavy atom. The van der Waals surface area contributed by atoms with Crippen LogP contribution in [0, 0.1) is 0 Å². The van der Waals surface area contributed by atoms with Crippen molar-refractivity contribution in [1.82, 2.24) is 4.98 Å². The van der Waals surface area contributed by atoms with E-state index in [0.717, 1.165) is 10.9 Å². The summed E-state index contributed by atoms with van der Waals surface area (Å²) in [5, 5.41) is 11.6. The molecular weight excluding hydrogens is 192 g/mol. The van der Waals surface area contributed by atoms with Crippen LogP contribution < -0.4 is 10.8 Å². The molecule has 76 valence electrons. The zero-order chi connectivity index (χ0) is 10.8. The number of hydrogen-bond acceptors (Lipinski definition) is 3. The fourth-order valence-corrected chi connectivity index (χ4v) is 1.56. The summed E-state index contributed by atoms with van der Waals surface area (Å²) in [6.45, 7) is 0. The van der Waals surface area contributed by atoms with E-state index < -0.39 is 12.0 Å². The Balaban J connectivity index is 2.65. The van der Waals surface area contributed by atoms with Crippen LogP contribution in [0.15, 0.2) is 36.5 Å². The summed E-state index contributed by atoms with van der Waals surface area (Å²) in [6.07, 6.45) is 1.67. The Labute approximate surface area is 86.4 Å². The fourth-order valence-electron chi connectivity index (χ4n) is 1.56. The van der Waals surface area contributed by atoms with Gasteiger partial charge in [-0.05, 0) is 12.1 Å². The summed E-state index contributed by atoms with van der Waals surface area (Å²) >= 11 is 0. The van der Waals surface area contributed by atoms with Gasteiger partial charge in [-0.2, -0.15) is 0 Å². The topological polar surface area (TPSA) is 80.7 Å². The lowest BCUT2D eigenvalue weighted by Crippen LogP contribution is -2.61. The summed E-state index contributed by atoms with van der Waals surface area (Å²) in [7, 11) is 0. The molecule has 0 fully saturated rings. The number of aromatic nitrogens is 1. The summed E-state index contributed by atoms with van der Waals surface area (Å²) in [4.78, 5) is 14.9. The minimum absolute atomic E-state index is 0.639. The Bertz CT molecular complexity index is 505. The molecule has 0 aliphatic carbocycles. The second-order valence-electron chi connectivity index (χ2n) is 3.29.